The molecule has 0 fully saturated rings. The number of hydrogen-bond donors (Lipinski definition) is 0. The first-order valence-electron chi connectivity index (χ1n) is 6.04. The minimum atomic E-state index is -0.317. The minimum Gasteiger partial charge on any atom is -0.465 e. The van der Waals surface area contributed by atoms with Crippen molar-refractivity contribution < 1.29 is 9.53 Å². The molecule has 1 heterocycles. The van der Waals surface area contributed by atoms with Gasteiger partial charge in [0.15, 0.2) is 0 Å². The highest BCUT2D eigenvalue weighted by atomic mass is 16.5. The average molecular weight is 251 g/mol. The summed E-state index contributed by atoms with van der Waals surface area (Å²) in [6, 6.07) is 17.6. The number of esters is 1. The van der Waals surface area contributed by atoms with Crippen LogP contribution in [0.15, 0.2) is 60.8 Å². The van der Waals surface area contributed by atoms with E-state index in [1.54, 1.807) is 6.07 Å². The molecular weight excluding hydrogens is 238 g/mol. The number of methoxy groups -OCH3 is 1. The van der Waals surface area contributed by atoms with E-state index in [2.05, 4.69) is 4.57 Å². The van der Waals surface area contributed by atoms with E-state index in [1.165, 1.54) is 7.11 Å². The van der Waals surface area contributed by atoms with Crippen molar-refractivity contribution in [3.63, 3.8) is 0 Å². The summed E-state index contributed by atoms with van der Waals surface area (Å²) in [7, 11) is 1.39. The first-order valence-corrected chi connectivity index (χ1v) is 6.04. The van der Waals surface area contributed by atoms with Gasteiger partial charge in [0.1, 0.15) is 0 Å². The fourth-order valence-corrected chi connectivity index (χ4v) is 2.19. The molecule has 0 aliphatic heterocycles. The van der Waals surface area contributed by atoms with Crippen LogP contribution in [0.5, 0.6) is 0 Å². The van der Waals surface area contributed by atoms with Gasteiger partial charge < -0.3 is 9.30 Å². The largest absolute Gasteiger partial charge is 0.465 e. The number of hydrogen-bond acceptors (Lipinski definition) is 2. The van der Waals surface area contributed by atoms with E-state index < -0.39 is 0 Å². The van der Waals surface area contributed by atoms with Crippen LogP contribution in [-0.4, -0.2) is 17.6 Å². The van der Waals surface area contributed by atoms with Crippen LogP contribution in [0.2, 0.25) is 0 Å². The van der Waals surface area contributed by atoms with Crippen molar-refractivity contribution in [1.82, 2.24) is 4.57 Å². The lowest BCUT2D eigenvalue weighted by Gasteiger charge is -2.06. The van der Waals surface area contributed by atoms with Crippen molar-refractivity contribution in [3.8, 4) is 5.69 Å². The van der Waals surface area contributed by atoms with Gasteiger partial charge in [-0.2, -0.15) is 0 Å². The molecule has 0 atom stereocenters. The molecule has 0 radical (unpaired) electrons. The molecule has 0 saturated heterocycles. The normalized spacial score (nSPS) is 10.6. The lowest BCUT2D eigenvalue weighted by atomic mass is 10.1. The number of fused-ring (bicyclic) bond motifs is 1. The van der Waals surface area contributed by atoms with Crippen molar-refractivity contribution in [3.05, 3.63) is 66.4 Å². The van der Waals surface area contributed by atoms with Crippen LogP contribution in [0.25, 0.3) is 16.6 Å². The van der Waals surface area contributed by atoms with Crippen LogP contribution in [0.1, 0.15) is 10.4 Å². The molecule has 94 valence electrons. The number of carbonyl (C=O) groups is 1. The number of carbonyl (C=O) groups excluding carboxylic acids is 1. The molecule has 0 aliphatic rings. The summed E-state index contributed by atoms with van der Waals surface area (Å²) in [4.78, 5) is 11.6. The molecule has 0 aliphatic carbocycles. The molecule has 0 unspecified atom stereocenters. The molecule has 0 spiro atoms. The maximum Gasteiger partial charge on any atom is 0.337 e. The van der Waals surface area contributed by atoms with Crippen molar-refractivity contribution in [2.24, 2.45) is 0 Å². The summed E-state index contributed by atoms with van der Waals surface area (Å²) in [6.45, 7) is 0. The highest BCUT2D eigenvalue weighted by molar-refractivity contribution is 5.95. The zero-order chi connectivity index (χ0) is 13.2. The quantitative estimate of drug-likeness (QED) is 0.653. The van der Waals surface area contributed by atoms with E-state index in [-0.39, 0.29) is 5.97 Å². The van der Waals surface area contributed by atoms with Gasteiger partial charge in [-0.15, -0.1) is 0 Å². The number of aromatic nitrogens is 1. The molecule has 3 nitrogen and oxygen atoms in total. The molecule has 0 amide bonds. The Morgan fingerprint density at radius 3 is 2.58 bits per heavy atom. The summed E-state index contributed by atoms with van der Waals surface area (Å²) < 4.78 is 6.82. The summed E-state index contributed by atoms with van der Waals surface area (Å²) in [5.74, 6) is -0.317. The smallest absolute Gasteiger partial charge is 0.337 e. The minimum absolute atomic E-state index is 0.317. The SMILES string of the molecule is COC(=O)c1ccc2ccn(-c3ccccc3)c2c1. The van der Waals surface area contributed by atoms with E-state index in [1.807, 2.05) is 54.7 Å². The van der Waals surface area contributed by atoms with E-state index in [9.17, 15) is 4.79 Å². The first-order chi connectivity index (χ1) is 9.29. The third-order valence-electron chi connectivity index (χ3n) is 3.15. The van der Waals surface area contributed by atoms with E-state index >= 15 is 0 Å². The second kappa shape index (κ2) is 4.61. The summed E-state index contributed by atoms with van der Waals surface area (Å²) in [5, 5.41) is 1.09. The van der Waals surface area contributed by atoms with Gasteiger partial charge in [0.05, 0.1) is 18.2 Å². The van der Waals surface area contributed by atoms with Gasteiger partial charge in [-0.25, -0.2) is 4.79 Å². The number of benzene rings is 2. The Kier molecular flexibility index (Phi) is 2.80. The van der Waals surface area contributed by atoms with Gasteiger partial charge in [0.25, 0.3) is 0 Å². The molecule has 1 aromatic heterocycles. The molecule has 3 heteroatoms. The van der Waals surface area contributed by atoms with E-state index in [0.717, 1.165) is 16.6 Å². The van der Waals surface area contributed by atoms with Gasteiger partial charge in [0, 0.05) is 11.9 Å². The summed E-state index contributed by atoms with van der Waals surface area (Å²) in [5.41, 5.74) is 2.62. The Morgan fingerprint density at radius 1 is 1.05 bits per heavy atom. The highest BCUT2D eigenvalue weighted by Gasteiger charge is 2.09. The van der Waals surface area contributed by atoms with Crippen molar-refractivity contribution >= 4 is 16.9 Å². The van der Waals surface area contributed by atoms with Gasteiger partial charge in [-0.3, -0.25) is 0 Å². The molecule has 0 N–H and O–H groups in total. The van der Waals surface area contributed by atoms with Crippen molar-refractivity contribution in [1.29, 1.82) is 0 Å². The van der Waals surface area contributed by atoms with Crippen molar-refractivity contribution in [2.45, 2.75) is 0 Å². The molecule has 0 bridgehead atoms. The maximum atomic E-state index is 11.6. The van der Waals surface area contributed by atoms with Gasteiger partial charge in [-0.05, 0) is 35.7 Å². The number of nitrogens with zero attached hydrogens (tertiary/aromatic N) is 1. The molecule has 19 heavy (non-hydrogen) atoms. The molecule has 3 rings (SSSR count). The van der Waals surface area contributed by atoms with Crippen molar-refractivity contribution in [2.75, 3.05) is 7.11 Å². The van der Waals surface area contributed by atoms with Crippen LogP contribution >= 0.6 is 0 Å². The van der Waals surface area contributed by atoms with Crippen LogP contribution in [0, 0.1) is 0 Å². The van der Waals surface area contributed by atoms with Crippen LogP contribution < -0.4 is 0 Å². The lowest BCUT2D eigenvalue weighted by Crippen LogP contribution is -2.01. The van der Waals surface area contributed by atoms with Crippen LogP contribution in [0.3, 0.4) is 0 Å². The second-order valence-corrected chi connectivity index (χ2v) is 4.29. The van der Waals surface area contributed by atoms with Gasteiger partial charge >= 0.3 is 5.97 Å². The van der Waals surface area contributed by atoms with E-state index in [4.69, 9.17) is 4.74 Å². The summed E-state index contributed by atoms with van der Waals surface area (Å²) >= 11 is 0. The molecule has 3 aromatic rings. The fraction of sp³-hybridized carbons (Fsp3) is 0.0625. The summed E-state index contributed by atoms with van der Waals surface area (Å²) in [6.07, 6.45) is 2.00. The Morgan fingerprint density at radius 2 is 1.84 bits per heavy atom. The Bertz CT molecular complexity index is 729. The topological polar surface area (TPSA) is 31.2 Å². The molecular formula is C16H13NO2. The number of para-hydroxylation sites is 1. The first kappa shape index (κ1) is 11.5. The Labute approximate surface area is 111 Å². The standard InChI is InChI=1S/C16H13NO2/c1-19-16(18)13-8-7-12-9-10-17(15(12)11-13)14-5-3-2-4-6-14/h2-11H,1H3. The maximum absolute atomic E-state index is 11.6. The zero-order valence-corrected chi connectivity index (χ0v) is 10.5. The predicted octanol–water partition coefficient (Wildman–Crippen LogP) is 3.42. The Balaban J connectivity index is 2.19. The van der Waals surface area contributed by atoms with Gasteiger partial charge in [-0.1, -0.05) is 24.3 Å². The third kappa shape index (κ3) is 1.99. The third-order valence-corrected chi connectivity index (χ3v) is 3.15. The lowest BCUT2D eigenvalue weighted by molar-refractivity contribution is 0.0601. The highest BCUT2D eigenvalue weighted by Crippen LogP contribution is 2.22. The molecule has 2 aromatic carbocycles. The molecule has 0 saturated carbocycles. The predicted molar refractivity (Wildman–Crippen MR) is 74.6 cm³/mol. The van der Waals surface area contributed by atoms with Gasteiger partial charge in [0.2, 0.25) is 0 Å². The fourth-order valence-electron chi connectivity index (χ4n) is 2.19. The van der Waals surface area contributed by atoms with Crippen LogP contribution in [0.4, 0.5) is 0 Å². The Hall–Kier alpha value is -2.55. The average Bonchev–Trinajstić information content (AvgIpc) is 2.90. The monoisotopic (exact) mass is 251 g/mol. The number of rotatable bonds is 2. The number of ether oxygens (including phenoxy) is 1. The zero-order valence-electron chi connectivity index (χ0n) is 10.5. The second-order valence-electron chi connectivity index (χ2n) is 4.29. The van der Waals surface area contributed by atoms with E-state index in [0.29, 0.717) is 5.56 Å². The van der Waals surface area contributed by atoms with Crippen LogP contribution in [-0.2, 0) is 4.74 Å².